The van der Waals surface area contributed by atoms with Gasteiger partial charge >= 0.3 is 6.08 Å². The third-order valence-electron chi connectivity index (χ3n) is 0.791. The van der Waals surface area contributed by atoms with Crippen molar-refractivity contribution in [1.82, 2.24) is 0 Å². The molecule has 2 nitrogen and oxygen atoms in total. The highest BCUT2D eigenvalue weighted by Gasteiger charge is 2.22. The Kier molecular flexibility index (Phi) is 1.87. The summed E-state index contributed by atoms with van der Waals surface area (Å²) in [6, 6.07) is 0. The molecule has 0 aromatic carbocycles. The van der Waals surface area contributed by atoms with Crippen LogP contribution in [0.3, 0.4) is 0 Å². The lowest BCUT2D eigenvalue weighted by molar-refractivity contribution is 0.0363. The summed E-state index contributed by atoms with van der Waals surface area (Å²) in [6.07, 6.45) is -1.88. The molecule has 0 bridgehead atoms. The number of hydrogen-bond donors (Lipinski definition) is 0. The zero-order valence-electron chi connectivity index (χ0n) is 4.23. The molecule has 1 aliphatic rings. The van der Waals surface area contributed by atoms with Crippen molar-refractivity contribution in [3.05, 3.63) is 11.8 Å². The highest BCUT2D eigenvalue weighted by atomic mass is 35.5. The van der Waals surface area contributed by atoms with Crippen LogP contribution in [0.2, 0.25) is 0 Å². The predicted molar refractivity (Wildman–Crippen MR) is 25.9 cm³/mol. The summed E-state index contributed by atoms with van der Waals surface area (Å²) in [5.41, 5.74) is 0. The van der Waals surface area contributed by atoms with E-state index < -0.39 is 17.6 Å². The van der Waals surface area contributed by atoms with Gasteiger partial charge in [-0.25, -0.2) is 0 Å². The number of rotatable bonds is 0. The number of alkyl halides is 1. The Morgan fingerprint density at radius 2 is 2.33 bits per heavy atom. The lowest BCUT2D eigenvalue weighted by Crippen LogP contribution is -1.93. The molecule has 1 rings (SSSR count). The van der Waals surface area contributed by atoms with Gasteiger partial charge in [-0.05, 0) is 11.6 Å². The summed E-state index contributed by atoms with van der Waals surface area (Å²) in [6.45, 7) is -0.240. The Hall–Kier alpha value is -0.350. The molecule has 1 saturated heterocycles. The second-order valence-corrected chi connectivity index (χ2v) is 1.74. The molecule has 0 aliphatic carbocycles. The van der Waals surface area contributed by atoms with E-state index in [1.54, 1.807) is 0 Å². The van der Waals surface area contributed by atoms with Gasteiger partial charge in [0.15, 0.2) is 5.76 Å². The maximum Gasteiger partial charge on any atom is 0.310 e. The zero-order chi connectivity index (χ0) is 6.85. The van der Waals surface area contributed by atoms with E-state index in [0.717, 1.165) is 0 Å². The molecule has 0 N–H and O–H groups in total. The highest BCUT2D eigenvalue weighted by molar-refractivity contribution is 6.19. The van der Waals surface area contributed by atoms with Crippen LogP contribution in [0, 0.1) is 0 Å². The van der Waals surface area contributed by atoms with Gasteiger partial charge in [-0.1, -0.05) is 0 Å². The molecule has 0 amide bonds. The van der Waals surface area contributed by atoms with Crippen LogP contribution in [0.5, 0.6) is 0 Å². The molecule has 0 spiro atoms. The van der Waals surface area contributed by atoms with E-state index in [-0.39, 0.29) is 6.61 Å². The normalized spacial score (nSPS) is 26.1. The fourth-order valence-electron chi connectivity index (χ4n) is 0.420. The SMILES string of the molecule is FC(F)=C1COC(Cl)O1. The molecular formula is C4H3ClF2O2. The van der Waals surface area contributed by atoms with Gasteiger partial charge in [0, 0.05) is 0 Å². The van der Waals surface area contributed by atoms with E-state index in [1.807, 2.05) is 0 Å². The molecule has 1 unspecified atom stereocenters. The Morgan fingerprint density at radius 3 is 2.56 bits per heavy atom. The number of halogens is 3. The first kappa shape index (κ1) is 6.77. The van der Waals surface area contributed by atoms with Crippen LogP contribution in [-0.4, -0.2) is 12.4 Å². The van der Waals surface area contributed by atoms with Gasteiger partial charge in [0.2, 0.25) is 0 Å². The minimum Gasteiger partial charge on any atom is -0.447 e. The van der Waals surface area contributed by atoms with Crippen LogP contribution in [0.15, 0.2) is 11.8 Å². The largest absolute Gasteiger partial charge is 0.447 e. The van der Waals surface area contributed by atoms with Crippen LogP contribution in [0.4, 0.5) is 8.78 Å². The van der Waals surface area contributed by atoms with Crippen molar-refractivity contribution in [3.8, 4) is 0 Å². The molecule has 1 heterocycles. The van der Waals surface area contributed by atoms with Crippen LogP contribution in [0.25, 0.3) is 0 Å². The molecule has 1 fully saturated rings. The highest BCUT2D eigenvalue weighted by Crippen LogP contribution is 2.21. The van der Waals surface area contributed by atoms with Crippen LogP contribution >= 0.6 is 11.6 Å². The minimum atomic E-state index is -1.88. The maximum atomic E-state index is 11.5. The standard InChI is InChI=1S/C4H3ClF2O2/c5-4-8-1-2(9-4)3(6)7/h4H,1H2. The van der Waals surface area contributed by atoms with E-state index >= 15 is 0 Å². The molecule has 1 atom stereocenters. The summed E-state index contributed by atoms with van der Waals surface area (Å²) in [7, 11) is 0. The van der Waals surface area contributed by atoms with E-state index in [9.17, 15) is 8.78 Å². The average molecular weight is 157 g/mol. The Balaban J connectivity index is 2.58. The van der Waals surface area contributed by atoms with Gasteiger partial charge in [0.05, 0.1) is 0 Å². The fourth-order valence-corrected chi connectivity index (χ4v) is 0.591. The van der Waals surface area contributed by atoms with Gasteiger partial charge in [-0.15, -0.1) is 0 Å². The third-order valence-corrected chi connectivity index (χ3v) is 1.01. The van der Waals surface area contributed by atoms with Gasteiger partial charge in [-0.2, -0.15) is 8.78 Å². The molecule has 1 aliphatic heterocycles. The Bertz CT molecular complexity index is 144. The van der Waals surface area contributed by atoms with Crippen molar-refractivity contribution in [2.24, 2.45) is 0 Å². The van der Waals surface area contributed by atoms with E-state index in [1.165, 1.54) is 0 Å². The van der Waals surface area contributed by atoms with Crippen molar-refractivity contribution in [2.45, 2.75) is 5.75 Å². The molecule has 0 aromatic rings. The zero-order valence-corrected chi connectivity index (χ0v) is 4.99. The van der Waals surface area contributed by atoms with Crippen LogP contribution < -0.4 is 0 Å². The number of ether oxygens (including phenoxy) is 2. The molecule has 9 heavy (non-hydrogen) atoms. The topological polar surface area (TPSA) is 18.5 Å². The van der Waals surface area contributed by atoms with Crippen molar-refractivity contribution in [3.63, 3.8) is 0 Å². The van der Waals surface area contributed by atoms with E-state index in [4.69, 9.17) is 11.6 Å². The van der Waals surface area contributed by atoms with Gasteiger partial charge < -0.3 is 9.47 Å². The fraction of sp³-hybridized carbons (Fsp3) is 0.500. The first-order valence-electron chi connectivity index (χ1n) is 2.16. The van der Waals surface area contributed by atoms with Crippen molar-refractivity contribution >= 4 is 11.6 Å². The Labute approximate surface area is 55.0 Å². The summed E-state index contributed by atoms with van der Waals surface area (Å²) in [5, 5.41) is 0. The first-order valence-corrected chi connectivity index (χ1v) is 2.60. The smallest absolute Gasteiger partial charge is 0.310 e. The van der Waals surface area contributed by atoms with Gasteiger partial charge in [0.25, 0.3) is 5.75 Å². The van der Waals surface area contributed by atoms with Gasteiger partial charge in [0.1, 0.15) is 6.61 Å². The summed E-state index contributed by atoms with van der Waals surface area (Å²) < 4.78 is 31.8. The van der Waals surface area contributed by atoms with Crippen molar-refractivity contribution < 1.29 is 18.3 Å². The molecular weight excluding hydrogens is 153 g/mol. The second-order valence-electron chi connectivity index (χ2n) is 1.39. The molecule has 0 aromatic heterocycles. The Morgan fingerprint density at radius 1 is 1.67 bits per heavy atom. The lowest BCUT2D eigenvalue weighted by atomic mass is 10.6. The molecule has 52 valence electrons. The second kappa shape index (κ2) is 2.49. The average Bonchev–Trinajstić information content (AvgIpc) is 2.14. The van der Waals surface area contributed by atoms with Crippen molar-refractivity contribution in [1.29, 1.82) is 0 Å². The molecule has 0 radical (unpaired) electrons. The van der Waals surface area contributed by atoms with Crippen LogP contribution in [0.1, 0.15) is 0 Å². The maximum absolute atomic E-state index is 11.5. The molecule has 5 heteroatoms. The third kappa shape index (κ3) is 1.53. The van der Waals surface area contributed by atoms with Crippen LogP contribution in [-0.2, 0) is 9.47 Å². The number of hydrogen-bond acceptors (Lipinski definition) is 2. The first-order chi connectivity index (χ1) is 4.20. The van der Waals surface area contributed by atoms with Crippen molar-refractivity contribution in [2.75, 3.05) is 6.61 Å². The monoisotopic (exact) mass is 156 g/mol. The van der Waals surface area contributed by atoms with E-state index in [0.29, 0.717) is 0 Å². The summed E-state index contributed by atoms with van der Waals surface area (Å²) in [4.78, 5) is 0. The van der Waals surface area contributed by atoms with Gasteiger partial charge in [-0.3, -0.25) is 0 Å². The minimum absolute atomic E-state index is 0.240. The lowest BCUT2D eigenvalue weighted by Gasteiger charge is -1.95. The van der Waals surface area contributed by atoms with E-state index in [2.05, 4.69) is 9.47 Å². The predicted octanol–water partition coefficient (Wildman–Crippen LogP) is 1.66. The molecule has 0 saturated carbocycles. The summed E-state index contributed by atoms with van der Waals surface area (Å²) in [5.74, 6) is -1.53. The summed E-state index contributed by atoms with van der Waals surface area (Å²) >= 11 is 5.14. The quantitative estimate of drug-likeness (QED) is 0.497.